The van der Waals surface area contributed by atoms with Crippen molar-refractivity contribution in [3.8, 4) is 0 Å². The van der Waals surface area contributed by atoms with Gasteiger partial charge in [0.2, 0.25) is 0 Å². The highest BCUT2D eigenvalue weighted by molar-refractivity contribution is 7.47. The maximum absolute atomic E-state index is 13.1. The average Bonchev–Trinajstić information content (AvgIpc) is 1.89. The van der Waals surface area contributed by atoms with Crippen molar-refractivity contribution in [2.75, 3.05) is 39.6 Å². The SMILES string of the molecule is CCC(C)CCCCCCCCCCCCCCCCCCCCC(=O)O[C@H](COC(=O)CCCCCCCCC(C)CC)COP(=O)(O)OC[C@H](O)COP(=O)(O)OC[C@@H](COC(=O)CCCCCCCCC(C)CC)OC(=O)CCCCCCCCCCC(C)CC. The van der Waals surface area contributed by atoms with Crippen LogP contribution in [0, 0.1) is 23.7 Å². The first kappa shape index (κ1) is 92.1. The summed E-state index contributed by atoms with van der Waals surface area (Å²) in [5, 5.41) is 10.6. The summed E-state index contributed by atoms with van der Waals surface area (Å²) in [6.45, 7) is 14.2. The second-order valence-electron chi connectivity index (χ2n) is 28.0. The first-order chi connectivity index (χ1) is 45.2. The van der Waals surface area contributed by atoms with Crippen molar-refractivity contribution in [2.24, 2.45) is 23.7 Å². The fourth-order valence-corrected chi connectivity index (χ4v) is 12.8. The van der Waals surface area contributed by atoms with E-state index in [9.17, 15) is 43.2 Å². The van der Waals surface area contributed by atoms with Crippen LogP contribution >= 0.6 is 15.6 Å². The number of carbonyl (C=O) groups excluding carboxylic acids is 4. The molecule has 0 aromatic heterocycles. The number of hydrogen-bond acceptors (Lipinski definition) is 15. The van der Waals surface area contributed by atoms with E-state index in [0.717, 1.165) is 126 Å². The zero-order valence-electron chi connectivity index (χ0n) is 61.6. The number of unbranched alkanes of at least 4 members (excludes halogenated alkanes) is 34. The predicted octanol–water partition coefficient (Wildman–Crippen LogP) is 21.7. The summed E-state index contributed by atoms with van der Waals surface area (Å²) in [7, 11) is -9.91. The second-order valence-corrected chi connectivity index (χ2v) is 30.9. The van der Waals surface area contributed by atoms with Gasteiger partial charge in [-0.2, -0.15) is 0 Å². The fraction of sp³-hybridized carbons (Fsp3) is 0.947. The van der Waals surface area contributed by atoms with Crippen LogP contribution in [-0.4, -0.2) is 96.7 Å². The van der Waals surface area contributed by atoms with Gasteiger partial charge < -0.3 is 33.8 Å². The summed E-state index contributed by atoms with van der Waals surface area (Å²) in [5.41, 5.74) is 0. The lowest BCUT2D eigenvalue weighted by Crippen LogP contribution is -2.30. The zero-order chi connectivity index (χ0) is 69.6. The van der Waals surface area contributed by atoms with E-state index >= 15 is 0 Å². The van der Waals surface area contributed by atoms with Gasteiger partial charge in [-0.15, -0.1) is 0 Å². The van der Waals surface area contributed by atoms with Gasteiger partial charge in [0.05, 0.1) is 26.4 Å². The molecule has 3 N–H and O–H groups in total. The number of esters is 4. The van der Waals surface area contributed by atoms with Gasteiger partial charge in [0.25, 0.3) is 0 Å². The van der Waals surface area contributed by atoms with Gasteiger partial charge in [-0.05, 0) is 49.4 Å². The molecule has 0 aromatic rings. The van der Waals surface area contributed by atoms with Crippen LogP contribution < -0.4 is 0 Å². The van der Waals surface area contributed by atoms with Gasteiger partial charge in [-0.1, -0.05) is 325 Å². The molecule has 0 rings (SSSR count). The van der Waals surface area contributed by atoms with Crippen LogP contribution in [0.5, 0.6) is 0 Å². The highest BCUT2D eigenvalue weighted by Gasteiger charge is 2.30. The molecule has 0 amide bonds. The van der Waals surface area contributed by atoms with Crippen LogP contribution in [0.25, 0.3) is 0 Å². The molecular weight excluding hydrogens is 1230 g/mol. The average molecular weight is 1380 g/mol. The topological polar surface area (TPSA) is 237 Å². The predicted molar refractivity (Wildman–Crippen MR) is 381 cm³/mol. The third-order valence-electron chi connectivity index (χ3n) is 18.8. The van der Waals surface area contributed by atoms with Crippen molar-refractivity contribution in [3.63, 3.8) is 0 Å². The molecule has 0 heterocycles. The molecule has 0 spiro atoms. The Morgan fingerprint density at radius 2 is 0.479 bits per heavy atom. The Bertz CT molecular complexity index is 1860. The second kappa shape index (κ2) is 64.4. The van der Waals surface area contributed by atoms with E-state index < -0.39 is 97.5 Å². The normalized spacial score (nSPS) is 15.3. The summed E-state index contributed by atoms with van der Waals surface area (Å²) in [6.07, 6.45) is 48.7. The Morgan fingerprint density at radius 3 is 0.702 bits per heavy atom. The standard InChI is InChI=1S/C75H146O17P2/c1-9-65(5)51-43-35-27-23-21-19-17-15-13-14-16-18-20-22-24-29-41-49-57-74(79)91-70(61-85-72(77)55-47-39-33-31-37-45-53-67(7)11-3)63-89-93(81,82)87-59-69(76)60-88-94(83,84)90-64-71(62-86-73(78)56-48-40-34-32-38-46-54-68(8)12-4)92-75(80)58-50-42-30-26-25-28-36-44-52-66(6)10-2/h65-71,76H,9-64H2,1-8H3,(H,81,82)(H,83,84)/t65?,66?,67?,68?,69-,70+,71+/m0/s1. The first-order valence-electron chi connectivity index (χ1n) is 38.9. The van der Waals surface area contributed by atoms with Crippen LogP contribution in [0.3, 0.4) is 0 Å². The lowest BCUT2D eigenvalue weighted by molar-refractivity contribution is -0.161. The van der Waals surface area contributed by atoms with Gasteiger partial charge in [0.15, 0.2) is 12.2 Å². The summed E-state index contributed by atoms with van der Waals surface area (Å²) < 4.78 is 68.4. The van der Waals surface area contributed by atoms with Crippen LogP contribution in [0.1, 0.15) is 376 Å². The van der Waals surface area contributed by atoms with Crippen molar-refractivity contribution in [2.45, 2.75) is 395 Å². The van der Waals surface area contributed by atoms with Crippen LogP contribution in [0.4, 0.5) is 0 Å². The Morgan fingerprint density at radius 1 is 0.287 bits per heavy atom. The van der Waals surface area contributed by atoms with Gasteiger partial charge in [-0.3, -0.25) is 37.3 Å². The molecule has 19 heteroatoms. The fourth-order valence-electron chi connectivity index (χ4n) is 11.2. The molecule has 0 aliphatic rings. The molecule has 558 valence electrons. The third kappa shape index (κ3) is 63.5. The molecule has 0 saturated carbocycles. The number of rotatable bonds is 72. The van der Waals surface area contributed by atoms with Gasteiger partial charge in [0, 0.05) is 25.7 Å². The van der Waals surface area contributed by atoms with E-state index in [1.165, 1.54) is 167 Å². The number of hydrogen-bond donors (Lipinski definition) is 3. The molecular formula is C75H146O17P2. The van der Waals surface area contributed by atoms with Crippen molar-refractivity contribution >= 4 is 39.5 Å². The molecule has 0 aliphatic carbocycles. The smallest absolute Gasteiger partial charge is 0.462 e. The molecule has 0 radical (unpaired) electrons. The van der Waals surface area contributed by atoms with Crippen molar-refractivity contribution in [1.29, 1.82) is 0 Å². The van der Waals surface area contributed by atoms with E-state index in [2.05, 4.69) is 55.4 Å². The van der Waals surface area contributed by atoms with E-state index in [1.54, 1.807) is 0 Å². The number of ether oxygens (including phenoxy) is 4. The molecule has 0 bridgehead atoms. The van der Waals surface area contributed by atoms with E-state index in [0.29, 0.717) is 25.7 Å². The number of aliphatic hydroxyl groups excluding tert-OH is 1. The van der Waals surface area contributed by atoms with Crippen LogP contribution in [-0.2, 0) is 65.4 Å². The minimum Gasteiger partial charge on any atom is -0.462 e. The molecule has 0 saturated heterocycles. The quantitative estimate of drug-likeness (QED) is 0.0222. The maximum Gasteiger partial charge on any atom is 0.472 e. The Labute approximate surface area is 575 Å². The lowest BCUT2D eigenvalue weighted by Gasteiger charge is -2.21. The van der Waals surface area contributed by atoms with Crippen LogP contribution in [0.2, 0.25) is 0 Å². The first-order valence-corrected chi connectivity index (χ1v) is 41.8. The van der Waals surface area contributed by atoms with Crippen molar-refractivity contribution in [1.82, 2.24) is 0 Å². The van der Waals surface area contributed by atoms with Crippen molar-refractivity contribution in [3.05, 3.63) is 0 Å². The summed E-state index contributed by atoms with van der Waals surface area (Å²) in [6, 6.07) is 0. The maximum atomic E-state index is 13.1. The monoisotopic (exact) mass is 1380 g/mol. The Kier molecular flexibility index (Phi) is 63.1. The molecule has 0 aliphatic heterocycles. The highest BCUT2D eigenvalue weighted by atomic mass is 31.2. The van der Waals surface area contributed by atoms with E-state index in [-0.39, 0.29) is 25.7 Å². The molecule has 0 aromatic carbocycles. The Hall–Kier alpha value is -1.94. The van der Waals surface area contributed by atoms with Crippen molar-refractivity contribution < 1.29 is 80.2 Å². The molecule has 6 unspecified atom stereocenters. The molecule has 94 heavy (non-hydrogen) atoms. The minimum atomic E-state index is -4.96. The number of phosphoric acid groups is 2. The number of phosphoric ester groups is 2. The lowest BCUT2D eigenvalue weighted by atomic mass is 9.99. The van der Waals surface area contributed by atoms with E-state index in [4.69, 9.17) is 37.0 Å². The van der Waals surface area contributed by atoms with E-state index in [1.807, 2.05) is 0 Å². The minimum absolute atomic E-state index is 0.104. The largest absolute Gasteiger partial charge is 0.472 e. The number of carbonyl (C=O) groups is 4. The summed E-state index contributed by atoms with van der Waals surface area (Å²) in [4.78, 5) is 72.7. The summed E-state index contributed by atoms with van der Waals surface area (Å²) in [5.74, 6) is 0.975. The van der Waals surface area contributed by atoms with Gasteiger partial charge in [-0.25, -0.2) is 9.13 Å². The van der Waals surface area contributed by atoms with Crippen LogP contribution in [0.15, 0.2) is 0 Å². The molecule has 9 atom stereocenters. The number of aliphatic hydroxyl groups is 1. The molecule has 0 fully saturated rings. The zero-order valence-corrected chi connectivity index (χ0v) is 63.4. The van der Waals surface area contributed by atoms with Gasteiger partial charge >= 0.3 is 39.5 Å². The van der Waals surface area contributed by atoms with Gasteiger partial charge in [0.1, 0.15) is 19.3 Å². The summed E-state index contributed by atoms with van der Waals surface area (Å²) >= 11 is 0. The highest BCUT2D eigenvalue weighted by Crippen LogP contribution is 2.45. The Balaban J connectivity index is 5.17. The third-order valence-corrected chi connectivity index (χ3v) is 20.7. The molecule has 17 nitrogen and oxygen atoms in total.